The fourth-order valence-electron chi connectivity index (χ4n) is 18.0. The molecule has 22 aromatic carbocycles. The SMILES string of the molecule is Clc1ccc(-c2ccc(Br)cc2)c(-c2ccccc2)c1.Clc1ccc(-c2ccc(Br)cc2)c(Br)c1.Clc1ccc(-c2ccc(N(c3ccccc3)c3cccc4oc5ccccc5c34)cc2)c(-c2ccccc2)c1.Clc1ccc(I)c(Br)c1.O[B]Oc1ccc(Br)cc1.c1ccc(-c2ccc(N(c3ccccc3)c3ccc(-c4ccc(N(c5ccccc5)c5cccc6oc7ccccc7c56)cc4)c(-c4ccccc4)c3)cc2)cc1. The van der Waals surface area contributed by atoms with Crippen molar-refractivity contribution in [1.29, 1.82) is 0 Å². The van der Waals surface area contributed by atoms with E-state index in [2.05, 4.69) is 498 Å². The fourth-order valence-corrected chi connectivity index (χ4v) is 21.1. The number of anilines is 9. The van der Waals surface area contributed by atoms with Gasteiger partial charge in [-0.1, -0.05) is 420 Å². The first-order valence-electron chi connectivity index (χ1n) is 48.1. The molecular weight excluding hydrogens is 2370 g/mol. The molecule has 24 aromatic rings. The van der Waals surface area contributed by atoms with Crippen LogP contribution in [0.5, 0.6) is 5.75 Å². The van der Waals surface area contributed by atoms with Crippen LogP contribution in [0.3, 0.4) is 0 Å². The number of nitrogens with zero attached hydrogens (tertiary/aromatic N) is 3. The van der Waals surface area contributed by atoms with Gasteiger partial charge in [0.1, 0.15) is 28.1 Å². The summed E-state index contributed by atoms with van der Waals surface area (Å²) in [6.45, 7) is 0. The molecule has 2 aromatic heterocycles. The normalized spacial score (nSPS) is 10.8. The van der Waals surface area contributed by atoms with Crippen molar-refractivity contribution in [2.75, 3.05) is 14.7 Å². The summed E-state index contributed by atoms with van der Waals surface area (Å²) < 4.78 is 23.6. The van der Waals surface area contributed by atoms with Crippen LogP contribution in [0.2, 0.25) is 20.1 Å². The first kappa shape index (κ1) is 104. The van der Waals surface area contributed by atoms with Crippen molar-refractivity contribution in [3.63, 3.8) is 0 Å². The van der Waals surface area contributed by atoms with E-state index in [1.807, 2.05) is 146 Å². The van der Waals surface area contributed by atoms with Crippen LogP contribution in [0.4, 0.5) is 51.2 Å². The second-order valence-electron chi connectivity index (χ2n) is 34.6. The van der Waals surface area contributed by atoms with Crippen molar-refractivity contribution < 1.29 is 18.5 Å². The van der Waals surface area contributed by atoms with Gasteiger partial charge in [-0.3, -0.25) is 0 Å². The highest BCUT2D eigenvalue weighted by Crippen LogP contribution is 2.49. The number of furan rings is 2. The number of rotatable bonds is 19. The average Bonchev–Trinajstić information content (AvgIpc) is 1.58. The molecule has 0 amide bonds. The summed E-state index contributed by atoms with van der Waals surface area (Å²) in [5, 5.41) is 15.6. The minimum Gasteiger partial charge on any atom is -0.537 e. The maximum Gasteiger partial charge on any atom is 0.569 e. The standard InChI is InChI=1S/C54H38N2O.C36H24ClNO.C18H12BrCl.C12H7Br2Cl.C6H5BBrO2.C6H3BrClI/c1-5-16-39(17-6-1)40-28-32-45(33-29-40)55(43-20-9-3-10-21-43)47-36-37-48(50(38-47)41-18-7-2-8-19-41)42-30-34-46(35-31-42)56(44-22-11-4-12-23-44)51-25-15-27-53-54(51)49-24-13-14-26-52(49)57-53;37-27-20-23-30(32(24-27)25-10-3-1-4-11-25)26-18-21-29(22-19-26)38(28-12-5-2-6-13-28)33-15-9-17-35-36(33)31-14-7-8-16-34(31)39-35;19-15-8-6-14(7-9-15)17-11-10-16(20)12-18(17)13-4-2-1-3-5-13;13-9-3-1-8(2-4-9)11-6-5-10(15)7-12(11)14;8-5-1-3-6(4-2-5)10-7-9;7-5-3-4(8)1-2-6(5)9/h1-38H;1-24H;1-12H;1-7H;1-4,9H;1-3H. The molecule has 0 saturated carbocycles. The largest absolute Gasteiger partial charge is 0.569 e. The van der Waals surface area contributed by atoms with Crippen LogP contribution < -0.4 is 19.4 Å². The zero-order valence-corrected chi connectivity index (χ0v) is 93.3. The lowest BCUT2D eigenvalue weighted by Gasteiger charge is -2.27. The summed E-state index contributed by atoms with van der Waals surface area (Å²) in [5.41, 5.74) is 31.8. The Morgan fingerprint density at radius 1 is 0.220 bits per heavy atom. The Bertz CT molecular complexity index is 8670. The van der Waals surface area contributed by atoms with Gasteiger partial charge in [-0.15, -0.1) is 0 Å². The lowest BCUT2D eigenvalue weighted by atomic mass is 9.93. The molecule has 1 N–H and O–H groups in total. The monoisotopic (exact) mass is 2450 g/mol. The van der Waals surface area contributed by atoms with Crippen molar-refractivity contribution >= 4 is 251 Å². The van der Waals surface area contributed by atoms with E-state index in [0.717, 1.165) is 193 Å². The quantitative estimate of drug-likeness (QED) is 0.0492. The Morgan fingerprint density at radius 3 is 0.880 bits per heavy atom. The first-order valence-corrected chi connectivity index (χ1v) is 54.6. The van der Waals surface area contributed by atoms with Crippen LogP contribution in [0.15, 0.2) is 565 Å². The Kier molecular flexibility index (Phi) is 35.2. The van der Waals surface area contributed by atoms with Crippen LogP contribution >= 0.6 is 149 Å². The summed E-state index contributed by atoms with van der Waals surface area (Å²) in [7, 11) is 0.656. The van der Waals surface area contributed by atoms with E-state index >= 15 is 0 Å². The number of hydrogen-bond donors (Lipinski definition) is 1. The van der Waals surface area contributed by atoms with Gasteiger partial charge in [0.15, 0.2) is 0 Å². The van der Waals surface area contributed by atoms with Gasteiger partial charge in [-0.05, 0) is 352 Å². The predicted molar refractivity (Wildman–Crippen MR) is 661 cm³/mol. The van der Waals surface area contributed by atoms with Crippen LogP contribution in [0, 0.1) is 3.57 Å². The van der Waals surface area contributed by atoms with E-state index in [9.17, 15) is 0 Å². The Morgan fingerprint density at radius 2 is 0.493 bits per heavy atom. The third-order valence-corrected chi connectivity index (χ3v) is 30.5. The predicted octanol–water partition coefficient (Wildman–Crippen LogP) is 43.6. The first-order chi connectivity index (χ1) is 73.5. The molecule has 0 atom stereocenters. The van der Waals surface area contributed by atoms with E-state index in [-0.39, 0.29) is 0 Å². The fraction of sp³-hybridized carbons (Fsp3) is 0. The van der Waals surface area contributed by atoms with Gasteiger partial charge in [-0.25, -0.2) is 0 Å². The maximum atomic E-state index is 8.23. The summed E-state index contributed by atoms with van der Waals surface area (Å²) in [5.74, 6) is 0.616. The smallest absolute Gasteiger partial charge is 0.537 e. The van der Waals surface area contributed by atoms with Crippen LogP contribution in [0.1, 0.15) is 0 Å². The zero-order valence-electron chi connectivity index (χ0n) is 80.2. The molecule has 18 heteroatoms. The molecule has 0 fully saturated rings. The van der Waals surface area contributed by atoms with E-state index < -0.39 is 0 Å². The Balaban J connectivity index is 0.000000129. The zero-order chi connectivity index (χ0) is 103. The molecule has 0 bridgehead atoms. The molecule has 0 aliphatic heterocycles. The molecule has 24 rings (SSSR count). The van der Waals surface area contributed by atoms with E-state index in [1.165, 1.54) is 37.0 Å². The lowest BCUT2D eigenvalue weighted by Crippen LogP contribution is -2.10. The molecule has 0 aliphatic carbocycles. The maximum absolute atomic E-state index is 8.23. The summed E-state index contributed by atoms with van der Waals surface area (Å²) in [6, 6.07) is 183. The molecule has 2 heterocycles. The second-order valence-corrected chi connectivity index (χ2v) is 42.0. The number of para-hydroxylation sites is 5. The van der Waals surface area contributed by atoms with E-state index in [0.29, 0.717) is 13.4 Å². The van der Waals surface area contributed by atoms with Crippen molar-refractivity contribution in [3.8, 4) is 94.8 Å². The van der Waals surface area contributed by atoms with Crippen molar-refractivity contribution in [2.45, 2.75) is 0 Å². The van der Waals surface area contributed by atoms with Gasteiger partial charge < -0.3 is 33.2 Å². The molecule has 0 saturated heterocycles. The molecule has 1 radical (unpaired) electrons. The summed E-state index contributed by atoms with van der Waals surface area (Å²) >= 11 is 43.4. The highest BCUT2D eigenvalue weighted by Gasteiger charge is 2.25. The average molecular weight is 2460 g/mol. The molecular formula is C132H89BBr5Cl4IN3O4. The second kappa shape index (κ2) is 50.5. The van der Waals surface area contributed by atoms with Gasteiger partial charge >= 0.3 is 7.69 Å². The van der Waals surface area contributed by atoms with Gasteiger partial charge in [0, 0.05) is 96.6 Å². The van der Waals surface area contributed by atoms with Crippen LogP contribution in [-0.2, 0) is 0 Å². The number of halogens is 10. The highest BCUT2D eigenvalue weighted by molar-refractivity contribution is 14.1. The summed E-state index contributed by atoms with van der Waals surface area (Å²) in [4.78, 5) is 6.97. The van der Waals surface area contributed by atoms with E-state index in [1.54, 1.807) is 12.1 Å². The van der Waals surface area contributed by atoms with E-state index in [4.69, 9.17) is 60.3 Å². The third-order valence-electron chi connectivity index (χ3n) is 25.0. The van der Waals surface area contributed by atoms with Gasteiger partial charge in [0.25, 0.3) is 0 Å². The van der Waals surface area contributed by atoms with Crippen LogP contribution in [0.25, 0.3) is 133 Å². The van der Waals surface area contributed by atoms with Crippen molar-refractivity contribution in [3.05, 3.63) is 580 Å². The molecule has 729 valence electrons. The molecule has 150 heavy (non-hydrogen) atoms. The topological polar surface area (TPSA) is 65.5 Å². The number of fused-ring (bicyclic) bond motifs is 6. The van der Waals surface area contributed by atoms with Gasteiger partial charge in [0.05, 0.1) is 22.1 Å². The minimum absolute atomic E-state index is 0.616. The minimum atomic E-state index is 0.616. The Hall–Kier alpha value is -14.0. The Labute approximate surface area is 949 Å². The highest BCUT2D eigenvalue weighted by atomic mass is 127. The lowest BCUT2D eigenvalue weighted by molar-refractivity contribution is 0.454. The van der Waals surface area contributed by atoms with Crippen LogP contribution in [-0.4, -0.2) is 12.7 Å². The van der Waals surface area contributed by atoms with Crippen molar-refractivity contribution in [2.24, 2.45) is 0 Å². The molecule has 0 aliphatic rings. The van der Waals surface area contributed by atoms with Gasteiger partial charge in [0.2, 0.25) is 0 Å². The molecule has 0 spiro atoms. The third kappa shape index (κ3) is 25.6. The number of benzene rings is 22. The molecule has 7 nitrogen and oxygen atoms in total. The number of hydrogen-bond acceptors (Lipinski definition) is 7. The van der Waals surface area contributed by atoms with Crippen molar-refractivity contribution in [1.82, 2.24) is 0 Å². The summed E-state index contributed by atoms with van der Waals surface area (Å²) in [6.07, 6.45) is 0. The van der Waals surface area contributed by atoms with Gasteiger partial charge in [-0.2, -0.15) is 0 Å². The molecule has 0 unspecified atom stereocenters.